The fourth-order valence-electron chi connectivity index (χ4n) is 2.06. The van der Waals surface area contributed by atoms with Crippen molar-refractivity contribution in [3.63, 3.8) is 0 Å². The van der Waals surface area contributed by atoms with Crippen molar-refractivity contribution in [2.45, 2.75) is 30.6 Å². The Bertz CT molecular complexity index is 305. The Hall–Kier alpha value is -0.170. The molecule has 1 unspecified atom stereocenters. The number of hydrogen-bond donors (Lipinski definition) is 2. The summed E-state index contributed by atoms with van der Waals surface area (Å²) in [7, 11) is -3.16. The van der Waals surface area contributed by atoms with E-state index >= 15 is 0 Å². The second-order valence-corrected chi connectivity index (χ2v) is 6.52. The minimum Gasteiger partial charge on any atom is -0.380 e. The third-order valence-electron chi connectivity index (χ3n) is 3.17. The first-order chi connectivity index (χ1) is 7.08. The summed E-state index contributed by atoms with van der Waals surface area (Å²) < 4.78 is 31.2. The van der Waals surface area contributed by atoms with Crippen molar-refractivity contribution in [2.75, 3.05) is 19.8 Å². The number of ether oxygens (including phenoxy) is 1. The van der Waals surface area contributed by atoms with Crippen LogP contribution in [0.1, 0.15) is 19.3 Å². The van der Waals surface area contributed by atoms with Crippen molar-refractivity contribution >= 4 is 10.0 Å². The molecule has 6 heteroatoms. The Labute approximate surface area is 90.4 Å². The van der Waals surface area contributed by atoms with Crippen molar-refractivity contribution in [2.24, 2.45) is 11.7 Å². The van der Waals surface area contributed by atoms with Crippen molar-refractivity contribution in [1.29, 1.82) is 0 Å². The predicted molar refractivity (Wildman–Crippen MR) is 56.8 cm³/mol. The summed E-state index contributed by atoms with van der Waals surface area (Å²) in [6.07, 6.45) is 2.48. The summed E-state index contributed by atoms with van der Waals surface area (Å²) in [4.78, 5) is 0. The molecule has 0 bridgehead atoms. The van der Waals surface area contributed by atoms with Crippen molar-refractivity contribution < 1.29 is 13.2 Å². The zero-order chi connectivity index (χ0) is 10.9. The fourth-order valence-corrected chi connectivity index (χ4v) is 3.45. The van der Waals surface area contributed by atoms with E-state index in [1.54, 1.807) is 0 Å². The van der Waals surface area contributed by atoms with Crippen molar-refractivity contribution in [3.8, 4) is 0 Å². The summed E-state index contributed by atoms with van der Waals surface area (Å²) in [6.45, 7) is 1.42. The summed E-state index contributed by atoms with van der Waals surface area (Å²) in [5.41, 5.74) is 5.63. The maximum Gasteiger partial charge on any atom is 0.216 e. The van der Waals surface area contributed by atoms with Crippen LogP contribution in [0, 0.1) is 5.92 Å². The topological polar surface area (TPSA) is 81.4 Å². The molecule has 2 aliphatic rings. The Kier molecular flexibility index (Phi) is 3.30. The van der Waals surface area contributed by atoms with Gasteiger partial charge in [-0.15, -0.1) is 0 Å². The first-order valence-corrected chi connectivity index (χ1v) is 6.94. The molecule has 1 atom stereocenters. The zero-order valence-electron chi connectivity index (χ0n) is 8.69. The predicted octanol–water partition coefficient (Wildman–Crippen LogP) is -0.568. The number of hydrogen-bond acceptors (Lipinski definition) is 4. The highest BCUT2D eigenvalue weighted by Crippen LogP contribution is 2.25. The SMILES string of the molecule is NC1CC(CNS(=O)(=O)C2CCOC2)C1. The van der Waals surface area contributed by atoms with Gasteiger partial charge in [-0.25, -0.2) is 13.1 Å². The third-order valence-corrected chi connectivity index (χ3v) is 4.99. The van der Waals surface area contributed by atoms with E-state index in [1.807, 2.05) is 0 Å². The van der Waals surface area contributed by atoms with Crippen LogP contribution in [-0.2, 0) is 14.8 Å². The number of nitrogens with one attached hydrogen (secondary N) is 1. The second kappa shape index (κ2) is 4.37. The van der Waals surface area contributed by atoms with E-state index in [4.69, 9.17) is 10.5 Å². The van der Waals surface area contributed by atoms with E-state index in [9.17, 15) is 8.42 Å². The van der Waals surface area contributed by atoms with Gasteiger partial charge in [0.25, 0.3) is 0 Å². The maximum atomic E-state index is 11.7. The molecule has 1 heterocycles. The third kappa shape index (κ3) is 2.69. The van der Waals surface area contributed by atoms with E-state index in [-0.39, 0.29) is 11.3 Å². The van der Waals surface area contributed by atoms with Gasteiger partial charge in [-0.05, 0) is 25.2 Å². The lowest BCUT2D eigenvalue weighted by Crippen LogP contribution is -2.44. The van der Waals surface area contributed by atoms with Crippen molar-refractivity contribution in [1.82, 2.24) is 4.72 Å². The van der Waals surface area contributed by atoms with Crippen LogP contribution >= 0.6 is 0 Å². The standard InChI is InChI=1S/C9H18N2O3S/c10-8-3-7(4-8)5-11-15(12,13)9-1-2-14-6-9/h7-9,11H,1-6,10H2. The van der Waals surface area contributed by atoms with Gasteiger partial charge in [0.15, 0.2) is 0 Å². The summed E-state index contributed by atoms with van der Waals surface area (Å²) >= 11 is 0. The van der Waals surface area contributed by atoms with E-state index in [2.05, 4.69) is 4.72 Å². The molecule has 0 aromatic heterocycles. The normalized spacial score (nSPS) is 36.5. The first kappa shape index (κ1) is 11.3. The lowest BCUT2D eigenvalue weighted by Gasteiger charge is -2.32. The minimum atomic E-state index is -3.16. The molecule has 0 spiro atoms. The number of rotatable bonds is 4. The smallest absolute Gasteiger partial charge is 0.216 e. The quantitative estimate of drug-likeness (QED) is 0.682. The van der Waals surface area contributed by atoms with Crippen LogP contribution in [-0.4, -0.2) is 39.5 Å². The van der Waals surface area contributed by atoms with Gasteiger partial charge >= 0.3 is 0 Å². The minimum absolute atomic E-state index is 0.273. The molecule has 1 saturated carbocycles. The van der Waals surface area contributed by atoms with Crippen LogP contribution in [0.15, 0.2) is 0 Å². The van der Waals surface area contributed by atoms with Crippen LogP contribution in [0.3, 0.4) is 0 Å². The van der Waals surface area contributed by atoms with Crippen LogP contribution in [0.4, 0.5) is 0 Å². The lowest BCUT2D eigenvalue weighted by molar-refractivity contribution is 0.198. The molecule has 0 aromatic carbocycles. The monoisotopic (exact) mass is 234 g/mol. The number of nitrogens with two attached hydrogens (primary N) is 1. The van der Waals surface area contributed by atoms with Gasteiger partial charge in [-0.2, -0.15) is 0 Å². The molecular formula is C9H18N2O3S. The van der Waals surface area contributed by atoms with Crippen LogP contribution in [0.25, 0.3) is 0 Å². The maximum absolute atomic E-state index is 11.7. The molecule has 0 aromatic rings. The van der Waals surface area contributed by atoms with Crippen LogP contribution < -0.4 is 10.5 Å². The molecule has 0 radical (unpaired) electrons. The molecule has 5 nitrogen and oxygen atoms in total. The Morgan fingerprint density at radius 2 is 2.13 bits per heavy atom. The molecule has 2 rings (SSSR count). The van der Waals surface area contributed by atoms with Gasteiger partial charge < -0.3 is 10.5 Å². The molecular weight excluding hydrogens is 216 g/mol. The van der Waals surface area contributed by atoms with Gasteiger partial charge in [0.2, 0.25) is 10.0 Å². The van der Waals surface area contributed by atoms with Crippen LogP contribution in [0.5, 0.6) is 0 Å². The summed E-state index contributed by atoms with van der Waals surface area (Å²) in [6, 6.07) is 0.273. The summed E-state index contributed by atoms with van der Waals surface area (Å²) in [5, 5.41) is -0.355. The molecule has 3 N–H and O–H groups in total. The fraction of sp³-hybridized carbons (Fsp3) is 1.00. The lowest BCUT2D eigenvalue weighted by atomic mass is 9.81. The van der Waals surface area contributed by atoms with Crippen molar-refractivity contribution in [3.05, 3.63) is 0 Å². The average molecular weight is 234 g/mol. The Morgan fingerprint density at radius 3 is 2.67 bits per heavy atom. The van der Waals surface area contributed by atoms with Gasteiger partial charge in [0.1, 0.15) is 5.25 Å². The van der Waals surface area contributed by atoms with Gasteiger partial charge in [-0.1, -0.05) is 0 Å². The molecule has 1 saturated heterocycles. The van der Waals surface area contributed by atoms with E-state index in [0.717, 1.165) is 12.8 Å². The molecule has 2 fully saturated rings. The van der Waals surface area contributed by atoms with Gasteiger partial charge in [0.05, 0.1) is 6.61 Å². The first-order valence-electron chi connectivity index (χ1n) is 5.40. The molecule has 1 aliphatic heterocycles. The van der Waals surface area contributed by atoms with Crippen LogP contribution in [0.2, 0.25) is 0 Å². The molecule has 1 aliphatic carbocycles. The molecule has 0 amide bonds. The molecule has 88 valence electrons. The Balaban J connectivity index is 1.77. The molecule has 15 heavy (non-hydrogen) atoms. The Morgan fingerprint density at radius 1 is 1.40 bits per heavy atom. The highest BCUT2D eigenvalue weighted by molar-refractivity contribution is 7.90. The van der Waals surface area contributed by atoms with E-state index in [0.29, 0.717) is 32.1 Å². The summed E-state index contributed by atoms with van der Waals surface area (Å²) in [5.74, 6) is 0.428. The zero-order valence-corrected chi connectivity index (χ0v) is 9.50. The highest BCUT2D eigenvalue weighted by Gasteiger charge is 2.32. The van der Waals surface area contributed by atoms with Gasteiger partial charge in [-0.3, -0.25) is 0 Å². The average Bonchev–Trinajstić information content (AvgIpc) is 2.63. The largest absolute Gasteiger partial charge is 0.380 e. The highest BCUT2D eigenvalue weighted by atomic mass is 32.2. The second-order valence-electron chi connectivity index (χ2n) is 4.48. The van der Waals surface area contributed by atoms with Gasteiger partial charge in [0, 0.05) is 19.2 Å². The van der Waals surface area contributed by atoms with E-state index < -0.39 is 10.0 Å². The number of sulfonamides is 1. The van der Waals surface area contributed by atoms with E-state index in [1.165, 1.54) is 0 Å².